The predicted octanol–water partition coefficient (Wildman–Crippen LogP) is 3.98. The smallest absolute Gasteiger partial charge is 0.338 e. The van der Waals surface area contributed by atoms with Crippen molar-refractivity contribution in [2.45, 2.75) is 6.92 Å². The van der Waals surface area contributed by atoms with Crippen molar-refractivity contribution in [2.24, 2.45) is 0 Å². The van der Waals surface area contributed by atoms with E-state index < -0.39 is 5.97 Å². The van der Waals surface area contributed by atoms with Crippen LogP contribution in [0.5, 0.6) is 0 Å². The van der Waals surface area contributed by atoms with Gasteiger partial charge in [0.2, 0.25) is 0 Å². The van der Waals surface area contributed by atoms with E-state index >= 15 is 0 Å². The predicted molar refractivity (Wildman–Crippen MR) is 128 cm³/mol. The van der Waals surface area contributed by atoms with E-state index in [-0.39, 0.29) is 12.5 Å². The van der Waals surface area contributed by atoms with E-state index in [0.717, 1.165) is 16.8 Å². The van der Waals surface area contributed by atoms with Crippen LogP contribution in [0.25, 0.3) is 22.7 Å². The molecule has 1 aromatic heterocycles. The fourth-order valence-electron chi connectivity index (χ4n) is 3.78. The van der Waals surface area contributed by atoms with Gasteiger partial charge in [0.25, 0.3) is 5.91 Å². The Balaban J connectivity index is 1.56. The lowest BCUT2D eigenvalue weighted by atomic mass is 9.99. The third-order valence-electron chi connectivity index (χ3n) is 5.36. The zero-order valence-corrected chi connectivity index (χ0v) is 18.2. The molecule has 0 bridgehead atoms. The molecule has 0 unspecified atom stereocenters. The van der Waals surface area contributed by atoms with Crippen LogP contribution in [0.3, 0.4) is 0 Å². The first-order valence-electron chi connectivity index (χ1n) is 10.7. The standard InChI is InChI=1S/C25H20N6O3/c1-2-34-25(33)17-10-13-19-20(14-17)27-24(32)21(19)22(15-6-4-3-5-7-15)26-18-11-8-16(9-12-18)23-28-30-31-29-23/h3-14,26H,2H2,1H3,(H,27,32)(H,28,29,30,31). The third-order valence-corrected chi connectivity index (χ3v) is 5.36. The Bertz CT molecular complexity index is 1380. The highest BCUT2D eigenvalue weighted by atomic mass is 16.5. The Kier molecular flexibility index (Phi) is 5.57. The fraction of sp³-hybridized carbons (Fsp3) is 0.0800. The molecule has 0 fully saturated rings. The number of H-pyrrole nitrogens is 1. The number of rotatable bonds is 6. The van der Waals surface area contributed by atoms with Crippen LogP contribution in [-0.4, -0.2) is 39.1 Å². The number of anilines is 2. The lowest BCUT2D eigenvalue weighted by molar-refractivity contribution is -0.110. The average Bonchev–Trinajstić information content (AvgIpc) is 3.51. The summed E-state index contributed by atoms with van der Waals surface area (Å²) in [5.41, 5.74) is 5.25. The summed E-state index contributed by atoms with van der Waals surface area (Å²) in [6.45, 7) is 2.03. The molecule has 1 amide bonds. The quantitative estimate of drug-likeness (QED) is 0.299. The Morgan fingerprint density at radius 3 is 2.50 bits per heavy atom. The van der Waals surface area contributed by atoms with Crippen molar-refractivity contribution in [3.63, 3.8) is 0 Å². The molecule has 9 nitrogen and oxygen atoms in total. The number of fused-ring (bicyclic) bond motifs is 1. The van der Waals surface area contributed by atoms with Crippen LogP contribution in [0.4, 0.5) is 11.4 Å². The van der Waals surface area contributed by atoms with Crippen molar-refractivity contribution in [2.75, 3.05) is 17.2 Å². The average molecular weight is 452 g/mol. The van der Waals surface area contributed by atoms with Gasteiger partial charge in [-0.3, -0.25) is 4.79 Å². The van der Waals surface area contributed by atoms with Gasteiger partial charge in [-0.15, -0.1) is 5.10 Å². The Morgan fingerprint density at radius 1 is 1.00 bits per heavy atom. The normalized spacial score (nSPS) is 13.7. The molecule has 0 saturated carbocycles. The van der Waals surface area contributed by atoms with Gasteiger partial charge in [0.15, 0.2) is 5.82 Å². The zero-order valence-electron chi connectivity index (χ0n) is 18.2. The molecule has 34 heavy (non-hydrogen) atoms. The maximum Gasteiger partial charge on any atom is 0.338 e. The first-order chi connectivity index (χ1) is 16.6. The number of carbonyl (C=O) groups is 2. The summed E-state index contributed by atoms with van der Waals surface area (Å²) in [5.74, 6) is -0.123. The van der Waals surface area contributed by atoms with Crippen molar-refractivity contribution in [1.82, 2.24) is 20.6 Å². The van der Waals surface area contributed by atoms with Gasteiger partial charge >= 0.3 is 5.97 Å². The monoisotopic (exact) mass is 452 g/mol. The van der Waals surface area contributed by atoms with Crippen LogP contribution in [0.1, 0.15) is 28.4 Å². The molecule has 3 aromatic carbocycles. The number of esters is 1. The number of benzene rings is 3. The Morgan fingerprint density at radius 2 is 1.79 bits per heavy atom. The second-order valence-corrected chi connectivity index (χ2v) is 7.50. The molecule has 0 aliphatic carbocycles. The number of nitrogens with zero attached hydrogens (tertiary/aromatic N) is 3. The first-order valence-corrected chi connectivity index (χ1v) is 10.7. The second-order valence-electron chi connectivity index (χ2n) is 7.50. The molecule has 1 aliphatic rings. The topological polar surface area (TPSA) is 122 Å². The van der Waals surface area contributed by atoms with E-state index in [1.165, 1.54) is 0 Å². The molecule has 0 spiro atoms. The minimum absolute atomic E-state index is 0.258. The highest BCUT2D eigenvalue weighted by Crippen LogP contribution is 2.38. The van der Waals surface area contributed by atoms with Crippen LogP contribution in [0, 0.1) is 0 Å². The van der Waals surface area contributed by atoms with Gasteiger partial charge < -0.3 is 15.4 Å². The van der Waals surface area contributed by atoms with Gasteiger partial charge in [0.1, 0.15) is 0 Å². The molecule has 4 aromatic rings. The molecule has 1 aliphatic heterocycles. The van der Waals surface area contributed by atoms with Crippen molar-refractivity contribution >= 4 is 34.5 Å². The number of aromatic nitrogens is 4. The SMILES string of the molecule is CCOC(=O)c1ccc2c(c1)NC(=O)C2=C(Nc1ccc(-c2nnn[nH]2)cc1)c1ccccc1. The molecule has 9 heteroatoms. The van der Waals surface area contributed by atoms with Gasteiger partial charge in [0.05, 0.1) is 29.1 Å². The third kappa shape index (κ3) is 4.02. The number of ether oxygens (including phenoxy) is 1. The number of tetrazole rings is 1. The first kappa shape index (κ1) is 21.1. The lowest BCUT2D eigenvalue weighted by Gasteiger charge is -2.15. The number of nitrogens with one attached hydrogen (secondary N) is 3. The van der Waals surface area contributed by atoms with Crippen LogP contribution in [0.2, 0.25) is 0 Å². The molecule has 5 rings (SSSR count). The summed E-state index contributed by atoms with van der Waals surface area (Å²) >= 11 is 0. The van der Waals surface area contributed by atoms with Crippen LogP contribution in [-0.2, 0) is 9.53 Å². The van der Waals surface area contributed by atoms with E-state index in [2.05, 4.69) is 31.3 Å². The highest BCUT2D eigenvalue weighted by Gasteiger charge is 2.29. The largest absolute Gasteiger partial charge is 0.462 e. The summed E-state index contributed by atoms with van der Waals surface area (Å²) in [5, 5.41) is 20.1. The number of carbonyl (C=O) groups excluding carboxylic acids is 2. The summed E-state index contributed by atoms with van der Waals surface area (Å²) in [6, 6.07) is 22.2. The van der Waals surface area contributed by atoms with Gasteiger partial charge in [0, 0.05) is 16.8 Å². The lowest BCUT2D eigenvalue weighted by Crippen LogP contribution is -2.10. The Labute approximate surface area is 194 Å². The van der Waals surface area contributed by atoms with Crippen LogP contribution in [0.15, 0.2) is 72.8 Å². The molecule has 0 saturated heterocycles. The fourth-order valence-corrected chi connectivity index (χ4v) is 3.78. The van der Waals surface area contributed by atoms with E-state index in [0.29, 0.717) is 33.9 Å². The maximum absolute atomic E-state index is 13.1. The zero-order chi connectivity index (χ0) is 23.5. The second kappa shape index (κ2) is 8.99. The van der Waals surface area contributed by atoms with Crippen molar-refractivity contribution in [3.05, 3.63) is 89.5 Å². The number of aromatic amines is 1. The van der Waals surface area contributed by atoms with E-state index in [1.807, 2.05) is 54.6 Å². The molecule has 168 valence electrons. The number of amides is 1. The minimum Gasteiger partial charge on any atom is -0.462 e. The van der Waals surface area contributed by atoms with Crippen molar-refractivity contribution < 1.29 is 14.3 Å². The van der Waals surface area contributed by atoms with Gasteiger partial charge in [-0.25, -0.2) is 9.89 Å². The molecule has 0 atom stereocenters. The maximum atomic E-state index is 13.1. The molecule has 0 radical (unpaired) electrons. The number of hydrogen-bond acceptors (Lipinski definition) is 7. The molecular formula is C25H20N6O3. The summed E-state index contributed by atoms with van der Waals surface area (Å²) in [4.78, 5) is 25.2. The van der Waals surface area contributed by atoms with E-state index in [1.54, 1.807) is 25.1 Å². The summed E-state index contributed by atoms with van der Waals surface area (Å²) in [7, 11) is 0. The molecular weight excluding hydrogens is 432 g/mol. The molecule has 3 N–H and O–H groups in total. The van der Waals surface area contributed by atoms with Crippen LogP contribution < -0.4 is 10.6 Å². The van der Waals surface area contributed by atoms with Crippen molar-refractivity contribution in [1.29, 1.82) is 0 Å². The Hall–Kier alpha value is -4.79. The minimum atomic E-state index is -0.430. The molecule has 2 heterocycles. The summed E-state index contributed by atoms with van der Waals surface area (Å²) in [6.07, 6.45) is 0. The highest BCUT2D eigenvalue weighted by molar-refractivity contribution is 6.37. The van der Waals surface area contributed by atoms with Gasteiger partial charge in [-0.05, 0) is 59.3 Å². The number of hydrogen-bond donors (Lipinski definition) is 3. The van der Waals surface area contributed by atoms with Crippen molar-refractivity contribution in [3.8, 4) is 11.4 Å². The summed E-state index contributed by atoms with van der Waals surface area (Å²) < 4.78 is 5.08. The van der Waals surface area contributed by atoms with Gasteiger partial charge in [-0.2, -0.15) is 0 Å². The van der Waals surface area contributed by atoms with E-state index in [9.17, 15) is 9.59 Å². The van der Waals surface area contributed by atoms with E-state index in [4.69, 9.17) is 4.74 Å². The van der Waals surface area contributed by atoms with Crippen LogP contribution >= 0.6 is 0 Å². The van der Waals surface area contributed by atoms with Gasteiger partial charge in [-0.1, -0.05) is 36.4 Å².